The number of halogens is 1. The second-order valence-electron chi connectivity index (χ2n) is 6.23. The molecule has 3 rings (SSSR count). The first kappa shape index (κ1) is 16.1. The van der Waals surface area contributed by atoms with Crippen molar-refractivity contribution in [2.45, 2.75) is 51.1 Å². The lowest BCUT2D eigenvalue weighted by molar-refractivity contribution is 0.530. The molecule has 5 nitrogen and oxygen atoms in total. The molecule has 1 aliphatic carbocycles. The van der Waals surface area contributed by atoms with Gasteiger partial charge in [0.15, 0.2) is 5.96 Å². The molecular formula is C17H24ClN5. The van der Waals surface area contributed by atoms with Crippen LogP contribution in [-0.2, 0) is 13.6 Å². The molecule has 1 aromatic carbocycles. The molecule has 0 radical (unpaired) electrons. The van der Waals surface area contributed by atoms with Gasteiger partial charge in [0.05, 0.1) is 16.1 Å². The topological polar surface area (TPSA) is 68.2 Å². The van der Waals surface area contributed by atoms with Gasteiger partial charge in [0.1, 0.15) is 12.4 Å². The van der Waals surface area contributed by atoms with E-state index in [9.17, 15) is 0 Å². The average Bonchev–Trinajstić information content (AvgIpc) is 2.70. The molecule has 6 heteroatoms. The summed E-state index contributed by atoms with van der Waals surface area (Å²) in [6.45, 7) is 0.451. The number of fused-ring (bicyclic) bond motifs is 1. The molecule has 0 unspecified atom stereocenters. The summed E-state index contributed by atoms with van der Waals surface area (Å²) in [7, 11) is 1.96. The molecule has 0 spiro atoms. The van der Waals surface area contributed by atoms with Gasteiger partial charge in [-0.2, -0.15) is 0 Å². The number of aliphatic imine (C=N–C) groups is 1. The van der Waals surface area contributed by atoms with Gasteiger partial charge in [-0.3, -0.25) is 0 Å². The van der Waals surface area contributed by atoms with Crippen molar-refractivity contribution in [1.29, 1.82) is 0 Å². The third-order valence-electron chi connectivity index (χ3n) is 4.54. The molecular weight excluding hydrogens is 310 g/mol. The summed E-state index contributed by atoms with van der Waals surface area (Å²) >= 11 is 6.25. The van der Waals surface area contributed by atoms with E-state index < -0.39 is 0 Å². The quantitative estimate of drug-likeness (QED) is 0.514. The molecule has 0 bridgehead atoms. The van der Waals surface area contributed by atoms with E-state index in [1.54, 1.807) is 0 Å². The van der Waals surface area contributed by atoms with Crippen LogP contribution in [0.3, 0.4) is 0 Å². The SMILES string of the molecule is Cn1c(CN=C(N)NC2CCCCCC2)nc2cccc(Cl)c21. The summed E-state index contributed by atoms with van der Waals surface area (Å²) in [5.41, 5.74) is 7.88. The van der Waals surface area contributed by atoms with Gasteiger partial charge in [-0.1, -0.05) is 43.4 Å². The zero-order chi connectivity index (χ0) is 16.2. The Bertz CT molecular complexity index is 698. The molecule has 3 N–H and O–H groups in total. The number of nitrogens with two attached hydrogens (primary N) is 1. The number of guanidine groups is 1. The number of hydrogen-bond donors (Lipinski definition) is 2. The van der Waals surface area contributed by atoms with Crippen molar-refractivity contribution < 1.29 is 0 Å². The number of nitrogens with zero attached hydrogens (tertiary/aromatic N) is 3. The number of aromatic nitrogens is 2. The van der Waals surface area contributed by atoms with Crippen LogP contribution in [0.5, 0.6) is 0 Å². The Labute approximate surface area is 141 Å². The fourth-order valence-corrected chi connectivity index (χ4v) is 3.54. The van der Waals surface area contributed by atoms with E-state index >= 15 is 0 Å². The maximum atomic E-state index is 6.25. The Kier molecular flexibility index (Phi) is 5.06. The van der Waals surface area contributed by atoms with Crippen molar-refractivity contribution in [3.8, 4) is 0 Å². The van der Waals surface area contributed by atoms with Gasteiger partial charge < -0.3 is 15.6 Å². The van der Waals surface area contributed by atoms with Gasteiger partial charge in [0.2, 0.25) is 0 Å². The Balaban J connectivity index is 1.69. The van der Waals surface area contributed by atoms with Crippen molar-refractivity contribution >= 4 is 28.6 Å². The maximum Gasteiger partial charge on any atom is 0.189 e. The molecule has 23 heavy (non-hydrogen) atoms. The fraction of sp³-hybridized carbons (Fsp3) is 0.529. The van der Waals surface area contributed by atoms with Crippen LogP contribution in [0, 0.1) is 0 Å². The van der Waals surface area contributed by atoms with Gasteiger partial charge >= 0.3 is 0 Å². The highest BCUT2D eigenvalue weighted by Gasteiger charge is 2.13. The van der Waals surface area contributed by atoms with Gasteiger partial charge in [0.25, 0.3) is 0 Å². The number of nitrogens with one attached hydrogen (secondary N) is 1. The van der Waals surface area contributed by atoms with Crippen molar-refractivity contribution in [2.75, 3.05) is 0 Å². The Morgan fingerprint density at radius 2 is 2.09 bits per heavy atom. The standard InChI is InChI=1S/C17H24ClN5/c1-23-15(22-14-10-6-9-13(18)16(14)23)11-20-17(19)21-12-7-4-2-3-5-8-12/h6,9-10,12H,2-5,7-8,11H2,1H3,(H3,19,20,21). The molecule has 2 aromatic rings. The third kappa shape index (κ3) is 3.78. The van der Waals surface area contributed by atoms with Gasteiger partial charge in [-0.25, -0.2) is 9.98 Å². The molecule has 1 fully saturated rings. The minimum Gasteiger partial charge on any atom is -0.370 e. The van der Waals surface area contributed by atoms with Crippen molar-refractivity contribution in [3.05, 3.63) is 29.0 Å². The number of imidazole rings is 1. The predicted octanol–water partition coefficient (Wildman–Crippen LogP) is 3.35. The molecule has 0 amide bonds. The van der Waals surface area contributed by atoms with E-state index in [1.807, 2.05) is 29.8 Å². The molecule has 0 aliphatic heterocycles. The van der Waals surface area contributed by atoms with Crippen LogP contribution in [-0.4, -0.2) is 21.6 Å². The summed E-state index contributed by atoms with van der Waals surface area (Å²) in [5, 5.41) is 4.06. The molecule has 0 saturated heterocycles. The summed E-state index contributed by atoms with van der Waals surface area (Å²) in [4.78, 5) is 9.06. The highest BCUT2D eigenvalue weighted by atomic mass is 35.5. The number of hydrogen-bond acceptors (Lipinski definition) is 2. The Hall–Kier alpha value is -1.75. The van der Waals surface area contributed by atoms with E-state index in [-0.39, 0.29) is 0 Å². The summed E-state index contributed by atoms with van der Waals surface area (Å²) in [6, 6.07) is 6.20. The van der Waals surface area contributed by atoms with Gasteiger partial charge in [0, 0.05) is 13.1 Å². The fourth-order valence-electron chi connectivity index (χ4n) is 3.25. The minimum atomic E-state index is 0.451. The lowest BCUT2D eigenvalue weighted by Crippen LogP contribution is -2.39. The smallest absolute Gasteiger partial charge is 0.189 e. The largest absolute Gasteiger partial charge is 0.370 e. The number of para-hydroxylation sites is 1. The first-order valence-electron chi connectivity index (χ1n) is 8.31. The summed E-state index contributed by atoms with van der Waals surface area (Å²) in [6.07, 6.45) is 7.56. The minimum absolute atomic E-state index is 0.451. The zero-order valence-electron chi connectivity index (χ0n) is 13.6. The maximum absolute atomic E-state index is 6.25. The first-order chi connectivity index (χ1) is 11.1. The number of aryl methyl sites for hydroxylation is 1. The van der Waals surface area contributed by atoms with Crippen molar-refractivity contribution in [1.82, 2.24) is 14.9 Å². The van der Waals surface area contributed by atoms with E-state index in [0.717, 1.165) is 16.9 Å². The average molecular weight is 334 g/mol. The van der Waals surface area contributed by atoms with E-state index in [0.29, 0.717) is 23.6 Å². The van der Waals surface area contributed by atoms with Crippen LogP contribution >= 0.6 is 11.6 Å². The van der Waals surface area contributed by atoms with Crippen molar-refractivity contribution in [2.24, 2.45) is 17.8 Å². The Morgan fingerprint density at radius 1 is 1.35 bits per heavy atom. The monoisotopic (exact) mass is 333 g/mol. The first-order valence-corrected chi connectivity index (χ1v) is 8.69. The summed E-state index contributed by atoms with van der Waals surface area (Å²) < 4.78 is 1.99. The van der Waals surface area contributed by atoms with Gasteiger partial charge in [-0.15, -0.1) is 0 Å². The molecule has 124 valence electrons. The highest BCUT2D eigenvalue weighted by Crippen LogP contribution is 2.23. The lowest BCUT2D eigenvalue weighted by atomic mass is 10.1. The Morgan fingerprint density at radius 3 is 2.78 bits per heavy atom. The van der Waals surface area contributed by atoms with Crippen LogP contribution in [0.25, 0.3) is 11.0 Å². The third-order valence-corrected chi connectivity index (χ3v) is 4.84. The predicted molar refractivity (Wildman–Crippen MR) is 95.7 cm³/mol. The second kappa shape index (κ2) is 7.21. The van der Waals surface area contributed by atoms with E-state index in [4.69, 9.17) is 17.3 Å². The van der Waals surface area contributed by atoms with Crippen LogP contribution in [0.15, 0.2) is 23.2 Å². The number of benzene rings is 1. The molecule has 0 atom stereocenters. The summed E-state index contributed by atoms with van der Waals surface area (Å²) in [5.74, 6) is 1.37. The van der Waals surface area contributed by atoms with Crippen LogP contribution in [0.2, 0.25) is 5.02 Å². The zero-order valence-corrected chi connectivity index (χ0v) is 14.3. The normalized spacial score (nSPS) is 17.4. The van der Waals surface area contributed by atoms with Gasteiger partial charge in [-0.05, 0) is 25.0 Å². The van der Waals surface area contributed by atoms with Crippen LogP contribution in [0.4, 0.5) is 0 Å². The lowest BCUT2D eigenvalue weighted by Gasteiger charge is -2.16. The molecule has 1 saturated carbocycles. The van der Waals surface area contributed by atoms with E-state index in [2.05, 4.69) is 15.3 Å². The van der Waals surface area contributed by atoms with Crippen LogP contribution < -0.4 is 11.1 Å². The molecule has 1 aromatic heterocycles. The van der Waals surface area contributed by atoms with Crippen LogP contribution in [0.1, 0.15) is 44.3 Å². The highest BCUT2D eigenvalue weighted by molar-refractivity contribution is 6.35. The molecule has 1 aliphatic rings. The van der Waals surface area contributed by atoms with E-state index in [1.165, 1.54) is 38.5 Å². The van der Waals surface area contributed by atoms with Crippen molar-refractivity contribution in [3.63, 3.8) is 0 Å². The second-order valence-corrected chi connectivity index (χ2v) is 6.64. The molecule has 1 heterocycles. The number of rotatable bonds is 3.